The SMILES string of the molecule is CCO[C@@H]([C@H]1C[C@@H](C)[C@H]2[C@H](O1)[C@H](O[Si](CC)(CC)CC)[C@@]1(C)[C@@H]3CC[C@H]4C(C)(C)[C@@H](O[C@H]5CCCCO5)CC[C@@]45C[C@@]35CC[C@]21C)C(C)(C)O. The maximum atomic E-state index is 11.4. The molecule has 0 aromatic rings. The quantitative estimate of drug-likeness (QED) is 0.170. The summed E-state index contributed by atoms with van der Waals surface area (Å²) >= 11 is 0. The summed E-state index contributed by atoms with van der Waals surface area (Å²) in [5.41, 5.74) is 0.206. The van der Waals surface area contributed by atoms with Gasteiger partial charge in [-0.1, -0.05) is 55.4 Å². The fourth-order valence-corrected chi connectivity index (χ4v) is 18.0. The van der Waals surface area contributed by atoms with Gasteiger partial charge in [0.05, 0.1) is 30.0 Å². The minimum absolute atomic E-state index is 0.00899. The molecule has 2 spiro atoms. The lowest BCUT2D eigenvalue weighted by Gasteiger charge is -2.64. The second-order valence-electron chi connectivity index (χ2n) is 20.3. The van der Waals surface area contributed by atoms with E-state index in [1.165, 1.54) is 57.8 Å². The molecule has 6 nitrogen and oxygen atoms in total. The molecule has 2 saturated heterocycles. The fraction of sp³-hybridized carbons (Fsp3) is 1.00. The van der Waals surface area contributed by atoms with Crippen molar-refractivity contribution in [2.75, 3.05) is 13.2 Å². The molecule has 7 rings (SSSR count). The van der Waals surface area contributed by atoms with Crippen molar-refractivity contribution in [3.8, 4) is 0 Å². The summed E-state index contributed by atoms with van der Waals surface area (Å²) in [5.74, 6) is 2.29. The van der Waals surface area contributed by atoms with Crippen molar-refractivity contribution in [3.05, 3.63) is 0 Å². The van der Waals surface area contributed by atoms with Crippen LogP contribution in [0.1, 0.15) is 147 Å². The second-order valence-corrected chi connectivity index (χ2v) is 25.1. The Balaban J connectivity index is 1.25. The summed E-state index contributed by atoms with van der Waals surface area (Å²) in [4.78, 5) is 0. The van der Waals surface area contributed by atoms with Gasteiger partial charge < -0.3 is 28.5 Å². The molecule has 0 aromatic heterocycles. The van der Waals surface area contributed by atoms with Crippen molar-refractivity contribution in [2.24, 2.45) is 50.7 Å². The van der Waals surface area contributed by atoms with Gasteiger partial charge in [-0.25, -0.2) is 0 Å². The Labute approximate surface area is 307 Å². The zero-order valence-corrected chi connectivity index (χ0v) is 35.1. The number of fused-ring (bicyclic) bond motifs is 4. The largest absolute Gasteiger partial charge is 0.411 e. The number of rotatable bonds is 11. The van der Waals surface area contributed by atoms with E-state index in [0.29, 0.717) is 41.1 Å². The van der Waals surface area contributed by atoms with E-state index in [9.17, 15) is 5.11 Å². The first-order chi connectivity index (χ1) is 23.5. The lowest BCUT2D eigenvalue weighted by atomic mass is 9.41. The van der Waals surface area contributed by atoms with Crippen LogP contribution in [-0.2, 0) is 23.4 Å². The van der Waals surface area contributed by atoms with E-state index >= 15 is 0 Å². The van der Waals surface area contributed by atoms with Crippen LogP contribution < -0.4 is 0 Å². The normalized spacial score (nSPS) is 48.8. The maximum absolute atomic E-state index is 11.4. The van der Waals surface area contributed by atoms with Crippen molar-refractivity contribution >= 4 is 8.32 Å². The standard InChI is InChI=1S/C43H76O6Si/c1-12-45-36(39(8,9)44)29-26-28(5)34-35(47-29)37(49-50(13-2,14-3)15-4)41(11)31-20-19-30-38(6,7)32(48-33-18-16-17-25-46-33)21-22-42(30)27-43(31,42)24-23-40(34,41)10/h28-37,44H,12-27H2,1-11H3/t28-,29-,30+,31+,32+,33+,34+,35+,36+,37+,40-,41-,42-,43+/m1/s1. The first-order valence-electron chi connectivity index (χ1n) is 21.5. The van der Waals surface area contributed by atoms with Crippen molar-refractivity contribution in [2.45, 2.75) is 207 Å². The van der Waals surface area contributed by atoms with Gasteiger partial charge >= 0.3 is 0 Å². The fourth-order valence-electron chi connectivity index (χ4n) is 15.1. The van der Waals surface area contributed by atoms with E-state index in [2.05, 4.69) is 55.4 Å². The third-order valence-corrected chi connectivity index (χ3v) is 22.5. The average Bonchev–Trinajstić information content (AvgIpc) is 3.70. The molecule has 288 valence electrons. The number of ether oxygens (including phenoxy) is 4. The van der Waals surface area contributed by atoms with Crippen molar-refractivity contribution in [3.63, 3.8) is 0 Å². The highest BCUT2D eigenvalue weighted by Gasteiger charge is 2.85. The third-order valence-electron chi connectivity index (χ3n) is 17.9. The summed E-state index contributed by atoms with van der Waals surface area (Å²) in [5, 5.41) is 11.4. The predicted octanol–water partition coefficient (Wildman–Crippen LogP) is 9.92. The highest BCUT2D eigenvalue weighted by molar-refractivity contribution is 6.73. The number of hydrogen-bond donors (Lipinski definition) is 1. The van der Waals surface area contributed by atoms with E-state index in [0.717, 1.165) is 37.6 Å². The molecule has 50 heavy (non-hydrogen) atoms. The van der Waals surface area contributed by atoms with Crippen LogP contribution in [-0.4, -0.2) is 69.0 Å². The van der Waals surface area contributed by atoms with Crippen molar-refractivity contribution < 1.29 is 28.5 Å². The van der Waals surface area contributed by atoms with Crippen LogP contribution in [0.5, 0.6) is 0 Å². The van der Waals surface area contributed by atoms with Gasteiger partial charge in [0.25, 0.3) is 0 Å². The molecule has 2 aliphatic heterocycles. The highest BCUT2D eigenvalue weighted by Crippen LogP contribution is 2.89. The smallest absolute Gasteiger partial charge is 0.192 e. The molecule has 1 N–H and O–H groups in total. The van der Waals surface area contributed by atoms with E-state index in [-0.39, 0.29) is 53.1 Å². The van der Waals surface area contributed by atoms with Gasteiger partial charge in [0.15, 0.2) is 14.6 Å². The van der Waals surface area contributed by atoms with E-state index in [1.807, 2.05) is 20.8 Å². The molecule has 7 heteroatoms. The Kier molecular flexibility index (Phi) is 9.98. The van der Waals surface area contributed by atoms with Crippen molar-refractivity contribution in [1.29, 1.82) is 0 Å². The Bertz CT molecular complexity index is 1220. The Morgan fingerprint density at radius 3 is 2.18 bits per heavy atom. The van der Waals surface area contributed by atoms with Gasteiger partial charge in [0.2, 0.25) is 0 Å². The molecule has 7 fully saturated rings. The summed E-state index contributed by atoms with van der Waals surface area (Å²) in [7, 11) is -1.98. The zero-order valence-electron chi connectivity index (χ0n) is 34.1. The molecule has 2 heterocycles. The van der Waals surface area contributed by atoms with Crippen LogP contribution in [0.15, 0.2) is 0 Å². The molecular formula is C43H76O6Si. The second kappa shape index (κ2) is 13.0. The zero-order chi connectivity index (χ0) is 36.1. The van der Waals surface area contributed by atoms with Crippen LogP contribution in [0.4, 0.5) is 0 Å². The van der Waals surface area contributed by atoms with Gasteiger partial charge in [-0.3, -0.25) is 0 Å². The van der Waals surface area contributed by atoms with Crippen LogP contribution in [0, 0.1) is 50.7 Å². The molecule has 0 radical (unpaired) electrons. The van der Waals surface area contributed by atoms with Gasteiger partial charge in [0, 0.05) is 18.6 Å². The lowest BCUT2D eigenvalue weighted by molar-refractivity contribution is -0.242. The molecule has 5 aliphatic carbocycles. The van der Waals surface area contributed by atoms with Gasteiger partial charge in [-0.05, 0) is 155 Å². The molecule has 0 aromatic carbocycles. The lowest BCUT2D eigenvalue weighted by Crippen LogP contribution is -2.61. The summed E-state index contributed by atoms with van der Waals surface area (Å²) in [6, 6.07) is 3.48. The monoisotopic (exact) mass is 717 g/mol. The van der Waals surface area contributed by atoms with Crippen molar-refractivity contribution in [1.82, 2.24) is 0 Å². The maximum Gasteiger partial charge on any atom is 0.192 e. The van der Waals surface area contributed by atoms with Crippen LogP contribution in [0.25, 0.3) is 0 Å². The molecule has 7 aliphatic rings. The van der Waals surface area contributed by atoms with Gasteiger partial charge in [0.1, 0.15) is 6.10 Å². The highest BCUT2D eigenvalue weighted by atomic mass is 28.4. The van der Waals surface area contributed by atoms with E-state index in [4.69, 9.17) is 23.4 Å². The molecule has 0 amide bonds. The molecule has 5 saturated carbocycles. The Morgan fingerprint density at radius 1 is 0.880 bits per heavy atom. The minimum Gasteiger partial charge on any atom is -0.411 e. The average molecular weight is 717 g/mol. The molecule has 14 atom stereocenters. The Morgan fingerprint density at radius 2 is 1.56 bits per heavy atom. The number of aliphatic hydroxyl groups is 1. The summed E-state index contributed by atoms with van der Waals surface area (Å²) in [6.07, 6.45) is 13.5. The summed E-state index contributed by atoms with van der Waals surface area (Å²) in [6.45, 7) is 27.5. The van der Waals surface area contributed by atoms with E-state index < -0.39 is 13.9 Å². The molecule has 0 bridgehead atoms. The van der Waals surface area contributed by atoms with Crippen LogP contribution in [0.2, 0.25) is 18.1 Å². The van der Waals surface area contributed by atoms with Crippen LogP contribution in [0.3, 0.4) is 0 Å². The van der Waals surface area contributed by atoms with Gasteiger partial charge in [-0.15, -0.1) is 0 Å². The molecular weight excluding hydrogens is 641 g/mol. The minimum atomic E-state index is -1.98. The topological polar surface area (TPSA) is 66.4 Å². The van der Waals surface area contributed by atoms with Crippen LogP contribution >= 0.6 is 0 Å². The predicted molar refractivity (Wildman–Crippen MR) is 202 cm³/mol. The number of hydrogen-bond acceptors (Lipinski definition) is 6. The summed E-state index contributed by atoms with van der Waals surface area (Å²) < 4.78 is 34.7. The van der Waals surface area contributed by atoms with Gasteiger partial charge in [-0.2, -0.15) is 0 Å². The Hall–Kier alpha value is -0.0231. The van der Waals surface area contributed by atoms with E-state index in [1.54, 1.807) is 0 Å². The first kappa shape index (κ1) is 38.3. The first-order valence-corrected chi connectivity index (χ1v) is 24.0. The molecule has 0 unspecified atom stereocenters. The third kappa shape index (κ3) is 5.33.